The maximum atomic E-state index is 13.1. The number of aromatic hydroxyl groups is 1. The Bertz CT molecular complexity index is 597. The number of hydrogen-bond acceptors (Lipinski definition) is 3. The number of hydrogen-bond donors (Lipinski definition) is 2. The molecule has 0 saturated heterocycles. The molecule has 2 aromatic rings. The molecule has 2 aromatic carbocycles. The molecule has 0 radical (unpaired) electrons. The Morgan fingerprint density at radius 2 is 1.75 bits per heavy atom. The minimum Gasteiger partial charge on any atom is -0.508 e. The third kappa shape index (κ3) is 3.17. The predicted octanol–water partition coefficient (Wildman–Crippen LogP) is 3.85. The predicted molar refractivity (Wildman–Crippen MR) is 73.1 cm³/mol. The Hall–Kier alpha value is -2.30. The van der Waals surface area contributed by atoms with Gasteiger partial charge >= 0.3 is 0 Å². The van der Waals surface area contributed by atoms with Crippen molar-refractivity contribution < 1.29 is 18.6 Å². The van der Waals surface area contributed by atoms with Crippen molar-refractivity contribution in [2.45, 2.75) is 13.0 Å². The summed E-state index contributed by atoms with van der Waals surface area (Å²) in [5.41, 5.74) is 0.881. The Balaban J connectivity index is 2.25. The maximum Gasteiger partial charge on any atom is 0.128 e. The van der Waals surface area contributed by atoms with Crippen LogP contribution in [0.25, 0.3) is 0 Å². The van der Waals surface area contributed by atoms with Crippen LogP contribution in [0.15, 0.2) is 36.4 Å². The van der Waals surface area contributed by atoms with Gasteiger partial charge in [0.05, 0.1) is 13.2 Å². The molecule has 0 heterocycles. The fraction of sp³-hybridized carbons (Fsp3) is 0.200. The minimum atomic E-state index is -0.658. The molecule has 0 spiro atoms. The van der Waals surface area contributed by atoms with Gasteiger partial charge < -0.3 is 15.2 Å². The third-order valence-electron chi connectivity index (χ3n) is 2.95. The van der Waals surface area contributed by atoms with Gasteiger partial charge in [0.15, 0.2) is 0 Å². The monoisotopic (exact) mass is 279 g/mol. The van der Waals surface area contributed by atoms with E-state index in [0.717, 1.165) is 6.07 Å². The molecule has 2 rings (SSSR count). The summed E-state index contributed by atoms with van der Waals surface area (Å²) < 4.78 is 31.3. The lowest BCUT2D eigenvalue weighted by atomic mass is 10.1. The van der Waals surface area contributed by atoms with Gasteiger partial charge in [-0.05, 0) is 37.3 Å². The highest BCUT2D eigenvalue weighted by Crippen LogP contribution is 2.30. The van der Waals surface area contributed by atoms with Crippen LogP contribution in [-0.2, 0) is 0 Å². The average molecular weight is 279 g/mol. The highest BCUT2D eigenvalue weighted by Gasteiger charge is 2.12. The zero-order valence-electron chi connectivity index (χ0n) is 11.2. The average Bonchev–Trinajstić information content (AvgIpc) is 2.37. The summed E-state index contributed by atoms with van der Waals surface area (Å²) in [4.78, 5) is 0. The number of anilines is 1. The number of phenolic OH excluding ortho intramolecular Hbond substituents is 1. The van der Waals surface area contributed by atoms with Crippen molar-refractivity contribution in [2.75, 3.05) is 12.4 Å². The Kier molecular flexibility index (Phi) is 4.08. The molecule has 0 aliphatic heterocycles. The van der Waals surface area contributed by atoms with E-state index in [1.54, 1.807) is 19.1 Å². The summed E-state index contributed by atoms with van der Waals surface area (Å²) >= 11 is 0. The van der Waals surface area contributed by atoms with Crippen LogP contribution in [0, 0.1) is 11.6 Å². The van der Waals surface area contributed by atoms with Crippen molar-refractivity contribution in [2.24, 2.45) is 0 Å². The van der Waals surface area contributed by atoms with Crippen LogP contribution in [0.5, 0.6) is 11.5 Å². The molecule has 106 valence electrons. The number of rotatable bonds is 4. The smallest absolute Gasteiger partial charge is 0.128 e. The van der Waals surface area contributed by atoms with Gasteiger partial charge in [0.25, 0.3) is 0 Å². The van der Waals surface area contributed by atoms with Gasteiger partial charge in [-0.15, -0.1) is 0 Å². The topological polar surface area (TPSA) is 41.5 Å². The van der Waals surface area contributed by atoms with E-state index in [0.29, 0.717) is 17.0 Å². The molecule has 0 amide bonds. The largest absolute Gasteiger partial charge is 0.508 e. The van der Waals surface area contributed by atoms with Gasteiger partial charge in [-0.1, -0.05) is 0 Å². The van der Waals surface area contributed by atoms with E-state index in [4.69, 9.17) is 4.74 Å². The molecule has 5 heteroatoms. The lowest BCUT2D eigenvalue weighted by Crippen LogP contribution is -2.07. The summed E-state index contributed by atoms with van der Waals surface area (Å²) in [5.74, 6) is -0.635. The molecule has 0 fully saturated rings. The first-order valence-corrected chi connectivity index (χ1v) is 6.09. The van der Waals surface area contributed by atoms with E-state index < -0.39 is 11.6 Å². The lowest BCUT2D eigenvalue weighted by molar-refractivity contribution is 0.410. The van der Waals surface area contributed by atoms with Crippen LogP contribution < -0.4 is 10.1 Å². The van der Waals surface area contributed by atoms with Gasteiger partial charge in [-0.2, -0.15) is 0 Å². The lowest BCUT2D eigenvalue weighted by Gasteiger charge is -2.18. The van der Waals surface area contributed by atoms with Gasteiger partial charge in [0, 0.05) is 17.3 Å². The summed E-state index contributed by atoms with van der Waals surface area (Å²) in [6.07, 6.45) is 0. The molecule has 0 saturated carbocycles. The Labute approximate surface area is 115 Å². The quantitative estimate of drug-likeness (QED) is 0.893. The Morgan fingerprint density at radius 3 is 2.35 bits per heavy atom. The van der Waals surface area contributed by atoms with Crippen molar-refractivity contribution in [3.05, 3.63) is 53.6 Å². The summed E-state index contributed by atoms with van der Waals surface area (Å²) in [6, 6.07) is 7.66. The standard InChI is InChI=1S/C15H15F2NO2/c1-9(14-8-13(20-2)3-4-15(14)19)18-12-6-10(16)5-11(17)7-12/h3-9,18-19H,1-2H3. The molecule has 20 heavy (non-hydrogen) atoms. The number of ether oxygens (including phenoxy) is 1. The van der Waals surface area contributed by atoms with Gasteiger partial charge in [-0.3, -0.25) is 0 Å². The van der Waals surface area contributed by atoms with Crippen molar-refractivity contribution >= 4 is 5.69 Å². The van der Waals surface area contributed by atoms with Crippen LogP contribution >= 0.6 is 0 Å². The van der Waals surface area contributed by atoms with Crippen LogP contribution in [-0.4, -0.2) is 12.2 Å². The number of methoxy groups -OCH3 is 1. The first-order valence-electron chi connectivity index (χ1n) is 6.09. The maximum absolute atomic E-state index is 13.1. The molecule has 1 atom stereocenters. The Morgan fingerprint density at radius 1 is 1.10 bits per heavy atom. The number of halogens is 2. The van der Waals surface area contributed by atoms with Crippen molar-refractivity contribution in [1.29, 1.82) is 0 Å². The van der Waals surface area contributed by atoms with Crippen LogP contribution in [0.3, 0.4) is 0 Å². The molecular formula is C15H15F2NO2. The zero-order valence-corrected chi connectivity index (χ0v) is 11.2. The fourth-order valence-electron chi connectivity index (χ4n) is 1.97. The van der Waals surface area contributed by atoms with E-state index in [1.807, 2.05) is 0 Å². The fourth-order valence-corrected chi connectivity index (χ4v) is 1.97. The van der Waals surface area contributed by atoms with Gasteiger partial charge in [0.1, 0.15) is 23.1 Å². The molecule has 2 N–H and O–H groups in total. The van der Waals surface area contributed by atoms with Crippen LogP contribution in [0.4, 0.5) is 14.5 Å². The molecule has 3 nitrogen and oxygen atoms in total. The van der Waals surface area contributed by atoms with E-state index in [-0.39, 0.29) is 11.8 Å². The number of benzene rings is 2. The SMILES string of the molecule is COc1ccc(O)c(C(C)Nc2cc(F)cc(F)c2)c1. The van der Waals surface area contributed by atoms with Crippen molar-refractivity contribution in [1.82, 2.24) is 0 Å². The first kappa shape index (κ1) is 14.1. The minimum absolute atomic E-state index is 0.0858. The molecule has 0 aromatic heterocycles. The summed E-state index contributed by atoms with van der Waals surface area (Å²) in [5, 5.41) is 12.8. The first-order chi connectivity index (χ1) is 9.49. The molecule has 0 aliphatic rings. The molecule has 0 aliphatic carbocycles. The van der Waals surface area contributed by atoms with E-state index in [1.165, 1.54) is 25.3 Å². The van der Waals surface area contributed by atoms with Crippen LogP contribution in [0.2, 0.25) is 0 Å². The molecule has 1 unspecified atom stereocenters. The van der Waals surface area contributed by atoms with E-state index in [9.17, 15) is 13.9 Å². The van der Waals surface area contributed by atoms with Crippen LogP contribution in [0.1, 0.15) is 18.5 Å². The molecule has 0 bridgehead atoms. The van der Waals surface area contributed by atoms with Gasteiger partial charge in [-0.25, -0.2) is 8.78 Å². The number of nitrogens with one attached hydrogen (secondary N) is 1. The zero-order chi connectivity index (χ0) is 14.7. The summed E-state index contributed by atoms with van der Waals surface area (Å²) in [7, 11) is 1.52. The van der Waals surface area contributed by atoms with Crippen molar-refractivity contribution in [3.8, 4) is 11.5 Å². The highest BCUT2D eigenvalue weighted by atomic mass is 19.1. The third-order valence-corrected chi connectivity index (χ3v) is 2.95. The van der Waals surface area contributed by atoms with Crippen molar-refractivity contribution in [3.63, 3.8) is 0 Å². The highest BCUT2D eigenvalue weighted by molar-refractivity contribution is 5.49. The van der Waals surface area contributed by atoms with E-state index in [2.05, 4.69) is 5.32 Å². The second kappa shape index (κ2) is 5.77. The molecular weight excluding hydrogens is 264 g/mol. The normalized spacial score (nSPS) is 12.0. The second-order valence-corrected chi connectivity index (χ2v) is 4.45. The number of phenols is 1. The second-order valence-electron chi connectivity index (χ2n) is 4.45. The van der Waals surface area contributed by atoms with E-state index >= 15 is 0 Å². The summed E-state index contributed by atoms with van der Waals surface area (Å²) in [6.45, 7) is 1.78. The van der Waals surface area contributed by atoms with Gasteiger partial charge in [0.2, 0.25) is 0 Å².